The lowest BCUT2D eigenvalue weighted by atomic mass is 10.0. The summed E-state index contributed by atoms with van der Waals surface area (Å²) in [4.78, 5) is 24.7. The smallest absolute Gasteiger partial charge is 0.431 e. The standard InChI is InChI=1S/C26H27N3O6/c1-4-20-24(18-9-12-21(32-2)23(16-18)33-3)28-29(26(31)35-20)14-13-17-7-10-19(11-8-17)27-25(30)22-6-5-15-34-22/h5-12,15-16,20H,4,13-14H2,1-3H3,(H,27,30). The second-order valence-corrected chi connectivity index (χ2v) is 7.84. The van der Waals surface area contributed by atoms with E-state index in [4.69, 9.17) is 18.6 Å². The minimum atomic E-state index is -0.483. The molecule has 9 nitrogen and oxygen atoms in total. The predicted octanol–water partition coefficient (Wildman–Crippen LogP) is 4.73. The van der Waals surface area contributed by atoms with Crippen LogP contribution in [0.4, 0.5) is 10.5 Å². The second-order valence-electron chi connectivity index (χ2n) is 7.84. The number of carbonyl (C=O) groups is 2. The fourth-order valence-electron chi connectivity index (χ4n) is 3.72. The monoisotopic (exact) mass is 477 g/mol. The molecule has 1 unspecified atom stereocenters. The molecule has 2 heterocycles. The van der Waals surface area contributed by atoms with Gasteiger partial charge >= 0.3 is 6.09 Å². The van der Waals surface area contributed by atoms with E-state index in [0.717, 1.165) is 11.1 Å². The van der Waals surface area contributed by atoms with Gasteiger partial charge in [0, 0.05) is 11.3 Å². The summed E-state index contributed by atoms with van der Waals surface area (Å²) in [6, 6.07) is 16.1. The normalized spacial score (nSPS) is 15.3. The number of rotatable bonds is 9. The lowest BCUT2D eigenvalue weighted by Crippen LogP contribution is -2.42. The Morgan fingerprint density at radius 1 is 1.09 bits per heavy atom. The number of anilines is 1. The first-order valence-corrected chi connectivity index (χ1v) is 11.2. The number of methoxy groups -OCH3 is 2. The van der Waals surface area contributed by atoms with Crippen LogP contribution in [0.2, 0.25) is 0 Å². The Balaban J connectivity index is 1.45. The van der Waals surface area contributed by atoms with Gasteiger partial charge in [0.15, 0.2) is 17.3 Å². The molecule has 1 N–H and O–H groups in total. The summed E-state index contributed by atoms with van der Waals surface area (Å²) >= 11 is 0. The zero-order chi connectivity index (χ0) is 24.8. The van der Waals surface area contributed by atoms with Gasteiger partial charge in [-0.15, -0.1) is 0 Å². The summed E-state index contributed by atoms with van der Waals surface area (Å²) in [5.41, 5.74) is 3.08. The van der Waals surface area contributed by atoms with E-state index in [-0.39, 0.29) is 11.7 Å². The third-order valence-corrected chi connectivity index (χ3v) is 5.61. The van der Waals surface area contributed by atoms with Crippen molar-refractivity contribution in [2.45, 2.75) is 25.9 Å². The number of furan rings is 1. The highest BCUT2D eigenvalue weighted by atomic mass is 16.6. The molecule has 2 amide bonds. The van der Waals surface area contributed by atoms with Crippen molar-refractivity contribution in [1.29, 1.82) is 0 Å². The van der Waals surface area contributed by atoms with Crippen LogP contribution in [0.25, 0.3) is 0 Å². The van der Waals surface area contributed by atoms with Crippen LogP contribution in [0.3, 0.4) is 0 Å². The maximum Gasteiger partial charge on any atom is 0.431 e. The first-order chi connectivity index (χ1) is 17.0. The molecule has 3 aromatic rings. The number of hydrogen-bond donors (Lipinski definition) is 1. The molecule has 4 rings (SSSR count). The van der Waals surface area contributed by atoms with Gasteiger partial charge in [-0.1, -0.05) is 19.1 Å². The van der Waals surface area contributed by atoms with Crippen molar-refractivity contribution < 1.29 is 28.2 Å². The van der Waals surface area contributed by atoms with Crippen molar-refractivity contribution in [1.82, 2.24) is 5.01 Å². The third-order valence-electron chi connectivity index (χ3n) is 5.61. The number of hydrazone groups is 1. The number of nitrogens with zero attached hydrogens (tertiary/aromatic N) is 2. The van der Waals surface area contributed by atoms with Gasteiger partial charge in [-0.2, -0.15) is 10.1 Å². The van der Waals surface area contributed by atoms with E-state index in [9.17, 15) is 9.59 Å². The zero-order valence-electron chi connectivity index (χ0n) is 19.8. The van der Waals surface area contributed by atoms with Crippen LogP contribution in [0.15, 0.2) is 70.4 Å². The molecule has 9 heteroatoms. The summed E-state index contributed by atoms with van der Waals surface area (Å²) in [5.74, 6) is 1.11. The number of benzene rings is 2. The second kappa shape index (κ2) is 10.8. The van der Waals surface area contributed by atoms with Crippen LogP contribution in [-0.2, 0) is 11.2 Å². The van der Waals surface area contributed by atoms with Crippen molar-refractivity contribution >= 4 is 23.4 Å². The van der Waals surface area contributed by atoms with Gasteiger partial charge in [-0.05, 0) is 60.9 Å². The van der Waals surface area contributed by atoms with Crippen LogP contribution in [-0.4, -0.2) is 49.6 Å². The highest BCUT2D eigenvalue weighted by molar-refractivity contribution is 6.06. The Bertz CT molecular complexity index is 1200. The molecule has 1 aliphatic heterocycles. The van der Waals surface area contributed by atoms with E-state index in [1.165, 1.54) is 11.3 Å². The van der Waals surface area contributed by atoms with E-state index in [1.807, 2.05) is 31.2 Å². The van der Waals surface area contributed by atoms with E-state index in [2.05, 4.69) is 10.4 Å². The topological polar surface area (TPSA) is 103 Å². The van der Waals surface area contributed by atoms with Gasteiger partial charge in [0.25, 0.3) is 5.91 Å². The summed E-state index contributed by atoms with van der Waals surface area (Å²) in [6.45, 7) is 2.28. The molecular weight excluding hydrogens is 450 g/mol. The Morgan fingerprint density at radius 3 is 2.51 bits per heavy atom. The third kappa shape index (κ3) is 5.46. The summed E-state index contributed by atoms with van der Waals surface area (Å²) < 4.78 is 21.5. The van der Waals surface area contributed by atoms with Gasteiger partial charge in [0.2, 0.25) is 0 Å². The molecule has 0 fully saturated rings. The van der Waals surface area contributed by atoms with Gasteiger partial charge in [-0.25, -0.2) is 4.79 Å². The Morgan fingerprint density at radius 2 is 1.86 bits per heavy atom. The lowest BCUT2D eigenvalue weighted by Gasteiger charge is -2.29. The number of ether oxygens (including phenoxy) is 3. The molecule has 0 radical (unpaired) electrons. The molecule has 0 aliphatic carbocycles. The van der Waals surface area contributed by atoms with Crippen molar-refractivity contribution in [3.63, 3.8) is 0 Å². The van der Waals surface area contributed by atoms with E-state index in [1.54, 1.807) is 44.6 Å². The van der Waals surface area contributed by atoms with Gasteiger partial charge in [0.1, 0.15) is 11.8 Å². The molecule has 0 saturated carbocycles. The summed E-state index contributed by atoms with van der Waals surface area (Å²) in [7, 11) is 3.15. The maximum absolute atomic E-state index is 12.6. The maximum atomic E-state index is 12.6. The summed E-state index contributed by atoms with van der Waals surface area (Å²) in [5, 5.41) is 8.74. The highest BCUT2D eigenvalue weighted by Crippen LogP contribution is 2.30. The molecule has 1 aliphatic rings. The van der Waals surface area contributed by atoms with E-state index in [0.29, 0.717) is 42.3 Å². The fourth-order valence-corrected chi connectivity index (χ4v) is 3.72. The first kappa shape index (κ1) is 23.9. The Hall–Kier alpha value is -4.27. The lowest BCUT2D eigenvalue weighted by molar-refractivity contribution is 0.0741. The highest BCUT2D eigenvalue weighted by Gasteiger charge is 2.31. The minimum absolute atomic E-state index is 0.242. The van der Waals surface area contributed by atoms with Crippen molar-refractivity contribution in [2.75, 3.05) is 26.1 Å². The SMILES string of the molecule is CCC1OC(=O)N(CCc2ccc(NC(=O)c3ccco3)cc2)N=C1c1ccc(OC)c(OC)c1. The average molecular weight is 478 g/mol. The number of cyclic esters (lactones) is 1. The molecule has 2 aromatic carbocycles. The van der Waals surface area contributed by atoms with Crippen molar-refractivity contribution in [3.05, 3.63) is 77.7 Å². The van der Waals surface area contributed by atoms with Crippen LogP contribution >= 0.6 is 0 Å². The molecule has 0 saturated heterocycles. The molecule has 1 atom stereocenters. The van der Waals surface area contributed by atoms with Crippen LogP contribution < -0.4 is 14.8 Å². The van der Waals surface area contributed by atoms with E-state index < -0.39 is 12.2 Å². The molecule has 182 valence electrons. The van der Waals surface area contributed by atoms with Crippen LogP contribution in [0.5, 0.6) is 11.5 Å². The van der Waals surface area contributed by atoms with Gasteiger partial charge < -0.3 is 23.9 Å². The predicted molar refractivity (Wildman–Crippen MR) is 130 cm³/mol. The number of nitrogens with one attached hydrogen (secondary N) is 1. The van der Waals surface area contributed by atoms with Crippen LogP contribution in [0.1, 0.15) is 35.0 Å². The van der Waals surface area contributed by atoms with Gasteiger partial charge in [-0.3, -0.25) is 4.79 Å². The molecular formula is C26H27N3O6. The van der Waals surface area contributed by atoms with Crippen LogP contribution in [0, 0.1) is 0 Å². The fraction of sp³-hybridized carbons (Fsp3) is 0.269. The molecule has 1 aromatic heterocycles. The summed E-state index contributed by atoms with van der Waals surface area (Å²) in [6.07, 6.45) is 1.67. The quantitative estimate of drug-likeness (QED) is 0.478. The number of amides is 2. The molecule has 0 spiro atoms. The van der Waals surface area contributed by atoms with E-state index >= 15 is 0 Å². The number of hydrogen-bond acceptors (Lipinski definition) is 7. The number of carbonyl (C=O) groups excluding carboxylic acids is 2. The largest absolute Gasteiger partial charge is 0.493 e. The molecule has 35 heavy (non-hydrogen) atoms. The Kier molecular flexibility index (Phi) is 7.35. The molecule has 0 bridgehead atoms. The van der Waals surface area contributed by atoms with Crippen molar-refractivity contribution in [2.24, 2.45) is 5.10 Å². The Labute approximate surface area is 203 Å². The van der Waals surface area contributed by atoms with Gasteiger partial charge in [0.05, 0.1) is 27.0 Å². The minimum Gasteiger partial charge on any atom is -0.493 e. The first-order valence-electron chi connectivity index (χ1n) is 11.2. The zero-order valence-corrected chi connectivity index (χ0v) is 19.8. The van der Waals surface area contributed by atoms with Crippen molar-refractivity contribution in [3.8, 4) is 11.5 Å². The average Bonchev–Trinajstić information content (AvgIpc) is 3.43.